The van der Waals surface area contributed by atoms with E-state index in [1.165, 1.54) is 19.3 Å². The largest absolute Gasteiger partial charge is 0.490 e. The molecular formula is C16H24ClNO. The fourth-order valence-corrected chi connectivity index (χ4v) is 3.05. The van der Waals surface area contributed by atoms with Crippen molar-refractivity contribution in [1.29, 1.82) is 0 Å². The van der Waals surface area contributed by atoms with Crippen LogP contribution in [0.25, 0.3) is 0 Å². The van der Waals surface area contributed by atoms with Crippen LogP contribution in [0.1, 0.15) is 51.1 Å². The lowest BCUT2D eigenvalue weighted by molar-refractivity contribution is 0.102. The molecule has 1 saturated carbocycles. The zero-order valence-electron chi connectivity index (χ0n) is 12.1. The molecule has 0 amide bonds. The Kier molecular flexibility index (Phi) is 5.12. The van der Waals surface area contributed by atoms with Crippen molar-refractivity contribution < 1.29 is 4.74 Å². The predicted molar refractivity (Wildman–Crippen MR) is 81.0 cm³/mol. The second kappa shape index (κ2) is 6.62. The number of nitrogens with one attached hydrogen (secondary N) is 1. The lowest BCUT2D eigenvalue weighted by Gasteiger charge is -2.29. The smallest absolute Gasteiger partial charge is 0.121 e. The number of ether oxygens (including phenoxy) is 1. The van der Waals surface area contributed by atoms with Gasteiger partial charge in [0.1, 0.15) is 11.9 Å². The van der Waals surface area contributed by atoms with Gasteiger partial charge < -0.3 is 10.1 Å². The monoisotopic (exact) mass is 281 g/mol. The molecule has 1 fully saturated rings. The van der Waals surface area contributed by atoms with E-state index in [2.05, 4.69) is 25.2 Å². The summed E-state index contributed by atoms with van der Waals surface area (Å²) in [5, 5.41) is 3.99. The lowest BCUT2D eigenvalue weighted by Crippen LogP contribution is -2.28. The number of hydrogen-bond acceptors (Lipinski definition) is 2. The first kappa shape index (κ1) is 14.7. The van der Waals surface area contributed by atoms with Crippen molar-refractivity contribution >= 4 is 11.6 Å². The molecule has 0 saturated heterocycles. The molecule has 1 N–H and O–H groups in total. The van der Waals surface area contributed by atoms with Gasteiger partial charge in [-0.15, -0.1) is 0 Å². The van der Waals surface area contributed by atoms with Gasteiger partial charge in [-0.1, -0.05) is 31.0 Å². The van der Waals surface area contributed by atoms with Crippen LogP contribution < -0.4 is 10.1 Å². The van der Waals surface area contributed by atoms with Gasteiger partial charge in [-0.05, 0) is 56.8 Å². The molecule has 3 unspecified atom stereocenters. The van der Waals surface area contributed by atoms with Crippen molar-refractivity contribution in [1.82, 2.24) is 5.32 Å². The van der Waals surface area contributed by atoms with Gasteiger partial charge in [-0.2, -0.15) is 0 Å². The summed E-state index contributed by atoms with van der Waals surface area (Å²) in [4.78, 5) is 0. The molecule has 106 valence electrons. The van der Waals surface area contributed by atoms with Crippen molar-refractivity contribution in [3.63, 3.8) is 0 Å². The second-order valence-electron chi connectivity index (χ2n) is 5.61. The van der Waals surface area contributed by atoms with E-state index < -0.39 is 0 Å². The van der Waals surface area contributed by atoms with E-state index >= 15 is 0 Å². The van der Waals surface area contributed by atoms with Crippen molar-refractivity contribution in [2.45, 2.75) is 51.7 Å². The molecule has 19 heavy (non-hydrogen) atoms. The molecule has 3 heteroatoms. The lowest BCUT2D eigenvalue weighted by atomic mass is 9.88. The van der Waals surface area contributed by atoms with Crippen LogP contribution in [0.2, 0.25) is 5.02 Å². The Bertz CT molecular complexity index is 421. The van der Waals surface area contributed by atoms with E-state index in [1.54, 1.807) is 0 Å². The van der Waals surface area contributed by atoms with Crippen molar-refractivity contribution in [2.75, 3.05) is 7.05 Å². The number of halogens is 1. The fourth-order valence-electron chi connectivity index (χ4n) is 2.72. The molecule has 1 aliphatic carbocycles. The summed E-state index contributed by atoms with van der Waals surface area (Å²) >= 11 is 6.34. The highest BCUT2D eigenvalue weighted by Gasteiger charge is 2.23. The first-order valence-electron chi connectivity index (χ1n) is 7.25. The highest BCUT2D eigenvalue weighted by molar-refractivity contribution is 6.31. The second-order valence-corrected chi connectivity index (χ2v) is 6.02. The van der Waals surface area contributed by atoms with E-state index in [1.807, 2.05) is 19.2 Å². The van der Waals surface area contributed by atoms with E-state index in [-0.39, 0.29) is 6.04 Å². The Balaban J connectivity index is 2.07. The molecule has 0 bridgehead atoms. The van der Waals surface area contributed by atoms with Crippen molar-refractivity contribution in [2.24, 2.45) is 5.92 Å². The predicted octanol–water partition coefficient (Wildman–Crippen LogP) is 4.58. The summed E-state index contributed by atoms with van der Waals surface area (Å²) < 4.78 is 6.11. The summed E-state index contributed by atoms with van der Waals surface area (Å²) in [5.74, 6) is 1.54. The minimum absolute atomic E-state index is 0.259. The maximum Gasteiger partial charge on any atom is 0.121 e. The van der Waals surface area contributed by atoms with Gasteiger partial charge in [0.15, 0.2) is 0 Å². The molecule has 0 heterocycles. The maximum absolute atomic E-state index is 6.34. The van der Waals surface area contributed by atoms with E-state index in [0.717, 1.165) is 22.8 Å². The molecular weight excluding hydrogens is 258 g/mol. The molecule has 0 spiro atoms. The van der Waals surface area contributed by atoms with Crippen LogP contribution in [0.5, 0.6) is 5.75 Å². The van der Waals surface area contributed by atoms with Gasteiger partial charge in [0, 0.05) is 11.1 Å². The zero-order chi connectivity index (χ0) is 13.8. The molecule has 0 radical (unpaired) electrons. The quantitative estimate of drug-likeness (QED) is 0.872. The summed E-state index contributed by atoms with van der Waals surface area (Å²) in [7, 11) is 1.94. The van der Waals surface area contributed by atoms with E-state index in [9.17, 15) is 0 Å². The van der Waals surface area contributed by atoms with Gasteiger partial charge in [0.2, 0.25) is 0 Å². The van der Waals surface area contributed by atoms with Crippen LogP contribution >= 0.6 is 11.6 Å². The van der Waals surface area contributed by atoms with Gasteiger partial charge >= 0.3 is 0 Å². The van der Waals surface area contributed by atoms with Crippen molar-refractivity contribution in [3.8, 4) is 5.75 Å². The van der Waals surface area contributed by atoms with E-state index in [4.69, 9.17) is 16.3 Å². The SMILES string of the molecule is CNC(C)c1ccc(OC2CCCCC2C)cc1Cl. The number of rotatable bonds is 4. The molecule has 0 aromatic heterocycles. The molecule has 2 nitrogen and oxygen atoms in total. The van der Waals surface area contributed by atoms with Crippen LogP contribution in [0.15, 0.2) is 18.2 Å². The van der Waals surface area contributed by atoms with Gasteiger partial charge in [0.05, 0.1) is 0 Å². The number of benzene rings is 1. The summed E-state index contributed by atoms with van der Waals surface area (Å²) in [6.45, 7) is 4.38. The highest BCUT2D eigenvalue weighted by atomic mass is 35.5. The first-order valence-corrected chi connectivity index (χ1v) is 7.63. The molecule has 3 atom stereocenters. The molecule has 1 aliphatic rings. The van der Waals surface area contributed by atoms with Gasteiger partial charge in [0.25, 0.3) is 0 Å². The average molecular weight is 282 g/mol. The normalized spacial score (nSPS) is 25.1. The first-order chi connectivity index (χ1) is 9.11. The van der Waals surface area contributed by atoms with Gasteiger partial charge in [-0.3, -0.25) is 0 Å². The highest BCUT2D eigenvalue weighted by Crippen LogP contribution is 2.31. The van der Waals surface area contributed by atoms with Crippen LogP contribution in [0.3, 0.4) is 0 Å². The van der Waals surface area contributed by atoms with E-state index in [0.29, 0.717) is 12.0 Å². The number of hydrogen-bond donors (Lipinski definition) is 1. The van der Waals surface area contributed by atoms with Crippen LogP contribution in [-0.2, 0) is 0 Å². The molecule has 1 aromatic rings. The van der Waals surface area contributed by atoms with Crippen LogP contribution in [-0.4, -0.2) is 13.2 Å². The average Bonchev–Trinajstić information content (AvgIpc) is 2.41. The Morgan fingerprint density at radius 2 is 2.05 bits per heavy atom. The minimum Gasteiger partial charge on any atom is -0.490 e. The fraction of sp³-hybridized carbons (Fsp3) is 0.625. The zero-order valence-corrected chi connectivity index (χ0v) is 12.8. The topological polar surface area (TPSA) is 21.3 Å². The minimum atomic E-state index is 0.259. The summed E-state index contributed by atoms with van der Waals surface area (Å²) in [6, 6.07) is 6.31. The molecule has 0 aliphatic heterocycles. The molecule has 2 rings (SSSR count). The third-order valence-corrected chi connectivity index (χ3v) is 4.52. The maximum atomic E-state index is 6.34. The summed E-state index contributed by atoms with van der Waals surface area (Å²) in [5.41, 5.74) is 1.12. The Labute approximate surface area is 121 Å². The Morgan fingerprint density at radius 3 is 2.68 bits per heavy atom. The van der Waals surface area contributed by atoms with Crippen molar-refractivity contribution in [3.05, 3.63) is 28.8 Å². The Hall–Kier alpha value is -0.730. The van der Waals surface area contributed by atoms with Gasteiger partial charge in [-0.25, -0.2) is 0 Å². The summed E-state index contributed by atoms with van der Waals surface area (Å²) in [6.07, 6.45) is 5.39. The van der Waals surface area contributed by atoms with Crippen LogP contribution in [0, 0.1) is 5.92 Å². The van der Waals surface area contributed by atoms with Crippen LogP contribution in [0.4, 0.5) is 0 Å². The molecule has 1 aromatic carbocycles. The Morgan fingerprint density at radius 1 is 1.32 bits per heavy atom. The third kappa shape index (κ3) is 3.64. The third-order valence-electron chi connectivity index (χ3n) is 4.19. The standard InChI is InChI=1S/C16H24ClNO/c1-11-6-4-5-7-16(11)19-13-8-9-14(12(2)18-3)15(17)10-13/h8-12,16,18H,4-7H2,1-3H3.